The number of allylic oxidation sites excluding steroid dienone is 1. The van der Waals surface area contributed by atoms with Crippen LogP contribution in [-0.4, -0.2) is 33.0 Å². The van der Waals surface area contributed by atoms with Gasteiger partial charge in [-0.25, -0.2) is 4.79 Å². The Labute approximate surface area is 204 Å². The number of nitrogens with zero attached hydrogens (tertiary/aromatic N) is 2. The van der Waals surface area contributed by atoms with Crippen molar-refractivity contribution in [1.82, 2.24) is 9.55 Å². The lowest BCUT2D eigenvalue weighted by Gasteiger charge is -2.18. The highest BCUT2D eigenvalue weighted by atomic mass is 16.5. The van der Waals surface area contributed by atoms with E-state index in [0.717, 1.165) is 16.5 Å². The number of aliphatic hydroxyl groups is 1. The van der Waals surface area contributed by atoms with Crippen molar-refractivity contribution in [2.24, 2.45) is 0 Å². The van der Waals surface area contributed by atoms with Gasteiger partial charge in [-0.15, -0.1) is 6.58 Å². The van der Waals surface area contributed by atoms with E-state index in [-0.39, 0.29) is 25.5 Å². The minimum absolute atomic E-state index is 0.104. The van der Waals surface area contributed by atoms with Gasteiger partial charge in [-0.2, -0.15) is 4.98 Å². The molecule has 6 nitrogen and oxygen atoms in total. The monoisotopic (exact) mass is 470 g/mol. The number of phenolic OH excluding ortho intramolecular Hbond substituents is 1. The van der Waals surface area contributed by atoms with Crippen LogP contribution in [0.4, 0.5) is 0 Å². The minimum Gasteiger partial charge on any atom is -0.508 e. The fourth-order valence-corrected chi connectivity index (χ4v) is 4.27. The lowest BCUT2D eigenvalue weighted by atomic mass is 9.96. The first-order chi connectivity index (χ1) is 16.9. The van der Waals surface area contributed by atoms with Crippen LogP contribution in [0, 0.1) is 0 Å². The molecule has 0 radical (unpaired) electrons. The summed E-state index contributed by atoms with van der Waals surface area (Å²) in [6.07, 6.45) is 2.16. The Hall–Kier alpha value is -3.90. The van der Waals surface area contributed by atoms with E-state index >= 15 is 0 Å². The van der Waals surface area contributed by atoms with E-state index < -0.39 is 5.69 Å². The van der Waals surface area contributed by atoms with Crippen LogP contribution in [0.5, 0.6) is 11.5 Å². The van der Waals surface area contributed by atoms with Crippen molar-refractivity contribution in [3.05, 3.63) is 100 Å². The highest BCUT2D eigenvalue weighted by Gasteiger charge is 2.19. The second kappa shape index (κ2) is 10.6. The molecule has 0 saturated carbocycles. The molecular weight excluding hydrogens is 440 g/mol. The lowest BCUT2D eigenvalue weighted by molar-refractivity contribution is 0.200. The average molecular weight is 471 g/mol. The molecule has 0 atom stereocenters. The molecular formula is C29H30N2O4. The number of fused-ring (bicyclic) bond motifs is 1. The topological polar surface area (TPSA) is 84.6 Å². The summed E-state index contributed by atoms with van der Waals surface area (Å²) in [6, 6.07) is 18.8. The summed E-state index contributed by atoms with van der Waals surface area (Å²) < 4.78 is 7.27. The van der Waals surface area contributed by atoms with Crippen LogP contribution in [0.15, 0.2) is 78.1 Å². The molecule has 0 unspecified atom stereocenters. The van der Waals surface area contributed by atoms with E-state index in [2.05, 4.69) is 25.4 Å². The van der Waals surface area contributed by atoms with E-state index in [0.29, 0.717) is 34.9 Å². The summed E-state index contributed by atoms with van der Waals surface area (Å²) >= 11 is 0. The molecule has 4 aromatic rings. The zero-order valence-corrected chi connectivity index (χ0v) is 20.1. The largest absolute Gasteiger partial charge is 0.508 e. The molecule has 1 aromatic heterocycles. The normalized spacial score (nSPS) is 11.2. The second-order valence-electron chi connectivity index (χ2n) is 8.74. The fraction of sp³-hybridized carbons (Fsp3) is 0.241. The van der Waals surface area contributed by atoms with Crippen LogP contribution in [0.25, 0.3) is 22.2 Å². The van der Waals surface area contributed by atoms with Gasteiger partial charge in [-0.3, -0.25) is 4.57 Å². The van der Waals surface area contributed by atoms with Gasteiger partial charge in [0.1, 0.15) is 18.1 Å². The van der Waals surface area contributed by atoms with Crippen molar-refractivity contribution < 1.29 is 14.9 Å². The number of aromatic nitrogens is 2. The molecule has 0 aliphatic rings. The molecule has 0 fully saturated rings. The van der Waals surface area contributed by atoms with Crippen molar-refractivity contribution in [2.45, 2.75) is 32.7 Å². The average Bonchev–Trinajstić information content (AvgIpc) is 2.86. The highest BCUT2D eigenvalue weighted by Crippen LogP contribution is 2.35. The molecule has 0 spiro atoms. The Kier molecular flexibility index (Phi) is 7.32. The molecule has 0 bridgehead atoms. The van der Waals surface area contributed by atoms with E-state index in [9.17, 15) is 9.90 Å². The lowest BCUT2D eigenvalue weighted by Crippen LogP contribution is -2.25. The molecule has 180 valence electrons. The number of benzene rings is 3. The van der Waals surface area contributed by atoms with Crippen molar-refractivity contribution in [3.8, 4) is 22.8 Å². The zero-order valence-electron chi connectivity index (χ0n) is 20.1. The molecule has 0 saturated heterocycles. The van der Waals surface area contributed by atoms with Gasteiger partial charge < -0.3 is 14.9 Å². The van der Waals surface area contributed by atoms with Crippen molar-refractivity contribution in [3.63, 3.8) is 0 Å². The SMILES string of the molecule is C=CCc1c(O)ccc2c1c(-c1ccc(C(C)C)cc1)nc(=O)n2Cc1ccccc1OCCO. The van der Waals surface area contributed by atoms with Gasteiger partial charge in [0.25, 0.3) is 0 Å². The first kappa shape index (κ1) is 24.2. The van der Waals surface area contributed by atoms with Gasteiger partial charge in [-0.1, -0.05) is 62.4 Å². The molecule has 0 aliphatic carbocycles. The number of hydrogen-bond donors (Lipinski definition) is 2. The van der Waals surface area contributed by atoms with Crippen LogP contribution in [0.3, 0.4) is 0 Å². The smallest absolute Gasteiger partial charge is 0.348 e. The molecule has 6 heteroatoms. The molecule has 0 aliphatic heterocycles. The summed E-state index contributed by atoms with van der Waals surface area (Å²) in [6.45, 7) is 8.40. The Morgan fingerprint density at radius 3 is 2.51 bits per heavy atom. The second-order valence-corrected chi connectivity index (χ2v) is 8.74. The van der Waals surface area contributed by atoms with E-state index in [1.807, 2.05) is 48.5 Å². The predicted molar refractivity (Wildman–Crippen MR) is 139 cm³/mol. The van der Waals surface area contributed by atoms with Gasteiger partial charge in [0, 0.05) is 22.1 Å². The number of phenols is 1. The number of aromatic hydroxyl groups is 1. The molecule has 2 N–H and O–H groups in total. The number of ether oxygens (including phenoxy) is 1. The van der Waals surface area contributed by atoms with E-state index in [4.69, 9.17) is 9.84 Å². The zero-order chi connectivity index (χ0) is 24.9. The summed E-state index contributed by atoms with van der Waals surface area (Å²) in [5.74, 6) is 1.12. The van der Waals surface area contributed by atoms with Gasteiger partial charge >= 0.3 is 5.69 Å². The van der Waals surface area contributed by atoms with Crippen LogP contribution in [-0.2, 0) is 13.0 Å². The van der Waals surface area contributed by atoms with Gasteiger partial charge in [0.15, 0.2) is 0 Å². The number of para-hydroxylation sites is 1. The first-order valence-electron chi connectivity index (χ1n) is 11.7. The van der Waals surface area contributed by atoms with Crippen LogP contribution < -0.4 is 10.4 Å². The van der Waals surface area contributed by atoms with Crippen molar-refractivity contribution >= 4 is 10.9 Å². The van der Waals surface area contributed by atoms with Gasteiger partial charge in [-0.05, 0) is 36.1 Å². The summed E-state index contributed by atoms with van der Waals surface area (Å²) in [5, 5.41) is 20.6. The third-order valence-corrected chi connectivity index (χ3v) is 6.08. The number of hydrogen-bond acceptors (Lipinski definition) is 5. The molecule has 1 heterocycles. The molecule has 3 aromatic carbocycles. The van der Waals surface area contributed by atoms with Gasteiger partial charge in [0.05, 0.1) is 24.4 Å². The van der Waals surface area contributed by atoms with E-state index in [1.54, 1.807) is 22.8 Å². The maximum Gasteiger partial charge on any atom is 0.348 e. The number of rotatable bonds is 9. The number of aliphatic hydroxyl groups excluding tert-OH is 1. The minimum atomic E-state index is -0.396. The predicted octanol–water partition coefficient (Wildman–Crippen LogP) is 5.04. The van der Waals surface area contributed by atoms with Crippen molar-refractivity contribution in [1.29, 1.82) is 0 Å². The Morgan fingerprint density at radius 1 is 1.09 bits per heavy atom. The van der Waals surface area contributed by atoms with Crippen LogP contribution >= 0.6 is 0 Å². The Bertz CT molecular complexity index is 1410. The summed E-state index contributed by atoms with van der Waals surface area (Å²) in [5.41, 5.74) is 4.28. The van der Waals surface area contributed by atoms with Crippen LogP contribution in [0.1, 0.15) is 36.5 Å². The van der Waals surface area contributed by atoms with Gasteiger partial charge in [0.2, 0.25) is 0 Å². The van der Waals surface area contributed by atoms with Crippen LogP contribution in [0.2, 0.25) is 0 Å². The quantitative estimate of drug-likeness (QED) is 0.335. The Balaban J connectivity index is 1.94. The standard InChI is InChI=1S/C29H30N2O4/c1-4-7-23-25(33)15-14-24-27(23)28(21-12-10-20(11-13-21)19(2)3)30-29(34)31(24)18-22-8-5-6-9-26(22)35-17-16-32/h4-6,8-15,19,32-33H,1,7,16-18H2,2-3H3. The fourth-order valence-electron chi connectivity index (χ4n) is 4.27. The van der Waals surface area contributed by atoms with E-state index in [1.165, 1.54) is 5.56 Å². The molecule has 4 rings (SSSR count). The van der Waals surface area contributed by atoms with Crippen molar-refractivity contribution in [2.75, 3.05) is 13.2 Å². The summed E-state index contributed by atoms with van der Waals surface area (Å²) in [4.78, 5) is 17.9. The Morgan fingerprint density at radius 2 is 1.83 bits per heavy atom. The molecule has 35 heavy (non-hydrogen) atoms. The first-order valence-corrected chi connectivity index (χ1v) is 11.7. The highest BCUT2D eigenvalue weighted by molar-refractivity contribution is 5.96. The summed E-state index contributed by atoms with van der Waals surface area (Å²) in [7, 11) is 0. The maximum absolute atomic E-state index is 13.4. The molecule has 0 amide bonds. The third kappa shape index (κ3) is 4.98. The maximum atomic E-state index is 13.4. The third-order valence-electron chi connectivity index (χ3n) is 6.08.